The number of furan rings is 1. The first-order valence-corrected chi connectivity index (χ1v) is 9.62. The van der Waals surface area contributed by atoms with Crippen molar-refractivity contribution in [3.05, 3.63) is 94.7 Å². The Morgan fingerprint density at radius 2 is 1.94 bits per heavy atom. The first-order valence-electron chi connectivity index (χ1n) is 9.62. The van der Waals surface area contributed by atoms with Crippen LogP contribution in [-0.2, 0) is 16.1 Å². The molecule has 0 radical (unpaired) electrons. The van der Waals surface area contributed by atoms with E-state index in [1.165, 1.54) is 36.5 Å². The minimum atomic E-state index is -1.13. The van der Waals surface area contributed by atoms with E-state index in [4.69, 9.17) is 9.15 Å². The molecule has 1 aliphatic rings. The Kier molecular flexibility index (Phi) is 5.33. The van der Waals surface area contributed by atoms with E-state index in [1.54, 1.807) is 36.4 Å². The number of nitrogens with zero attached hydrogens (tertiary/aromatic N) is 1. The zero-order chi connectivity index (χ0) is 22.1. The molecule has 158 valence electrons. The van der Waals surface area contributed by atoms with Gasteiger partial charge in [-0.25, -0.2) is 4.39 Å². The Morgan fingerprint density at radius 3 is 2.61 bits per heavy atom. The second kappa shape index (κ2) is 8.10. The standard InChI is InChI=1S/C24H20FNO5/c1-14-9-10-19(30-2)17(12-14)22(27)20-21(16-7-3-4-8-18(16)25)26(24(29)23(20)28)13-15-6-5-11-31-15/h3-12,21,27H,13H2,1-2H3/b22-20+. The number of ketones is 1. The summed E-state index contributed by atoms with van der Waals surface area (Å²) in [6.07, 6.45) is 1.45. The van der Waals surface area contributed by atoms with Crippen molar-refractivity contribution < 1.29 is 28.2 Å². The summed E-state index contributed by atoms with van der Waals surface area (Å²) in [7, 11) is 1.44. The Bertz CT molecular complexity index is 1180. The number of rotatable bonds is 5. The minimum Gasteiger partial charge on any atom is -0.507 e. The summed E-state index contributed by atoms with van der Waals surface area (Å²) >= 11 is 0. The second-order valence-corrected chi connectivity index (χ2v) is 7.23. The molecule has 7 heteroatoms. The highest BCUT2D eigenvalue weighted by atomic mass is 19.1. The SMILES string of the molecule is COc1ccc(C)cc1/C(O)=C1\C(=O)C(=O)N(Cc2ccco2)C1c1ccccc1F. The summed E-state index contributed by atoms with van der Waals surface area (Å²) in [6, 6.07) is 13.1. The van der Waals surface area contributed by atoms with Gasteiger partial charge in [0.1, 0.15) is 23.1 Å². The molecule has 1 unspecified atom stereocenters. The van der Waals surface area contributed by atoms with Gasteiger partial charge in [-0.3, -0.25) is 9.59 Å². The largest absolute Gasteiger partial charge is 0.507 e. The van der Waals surface area contributed by atoms with Crippen LogP contribution in [0.3, 0.4) is 0 Å². The van der Waals surface area contributed by atoms with Crippen LogP contribution >= 0.6 is 0 Å². The lowest BCUT2D eigenvalue weighted by atomic mass is 9.94. The summed E-state index contributed by atoms with van der Waals surface area (Å²) in [4.78, 5) is 27.2. The predicted molar refractivity (Wildman–Crippen MR) is 111 cm³/mol. The van der Waals surface area contributed by atoms with Crippen LogP contribution < -0.4 is 4.74 Å². The number of amides is 1. The van der Waals surface area contributed by atoms with Crippen molar-refractivity contribution in [3.63, 3.8) is 0 Å². The molecule has 0 saturated carbocycles. The normalized spacial score (nSPS) is 17.9. The highest BCUT2D eigenvalue weighted by Crippen LogP contribution is 2.42. The van der Waals surface area contributed by atoms with Gasteiger partial charge in [0.2, 0.25) is 0 Å². The number of carbonyl (C=O) groups excluding carboxylic acids is 2. The van der Waals surface area contributed by atoms with Crippen molar-refractivity contribution >= 4 is 17.4 Å². The third kappa shape index (κ3) is 3.59. The number of aliphatic hydroxyl groups excluding tert-OH is 1. The number of Topliss-reactive ketones (excluding diaryl/α,β-unsaturated/α-hetero) is 1. The number of ether oxygens (including phenoxy) is 1. The van der Waals surface area contributed by atoms with Gasteiger partial charge in [0, 0.05) is 5.56 Å². The number of aryl methyl sites for hydroxylation is 1. The molecule has 1 aromatic heterocycles. The zero-order valence-electron chi connectivity index (χ0n) is 17.0. The van der Waals surface area contributed by atoms with Crippen molar-refractivity contribution in [1.82, 2.24) is 4.90 Å². The molecule has 2 aromatic carbocycles. The van der Waals surface area contributed by atoms with Crippen LogP contribution in [0.15, 0.2) is 70.9 Å². The number of halogens is 1. The highest BCUT2D eigenvalue weighted by Gasteiger charge is 2.47. The van der Waals surface area contributed by atoms with E-state index in [-0.39, 0.29) is 23.2 Å². The van der Waals surface area contributed by atoms with Crippen molar-refractivity contribution in [1.29, 1.82) is 0 Å². The average Bonchev–Trinajstić information content (AvgIpc) is 3.36. The number of hydrogen-bond acceptors (Lipinski definition) is 5. The Balaban J connectivity index is 1.94. The number of methoxy groups -OCH3 is 1. The summed E-state index contributed by atoms with van der Waals surface area (Å²) < 4.78 is 25.5. The van der Waals surface area contributed by atoms with E-state index in [0.29, 0.717) is 11.5 Å². The number of benzene rings is 2. The molecular weight excluding hydrogens is 401 g/mol. The van der Waals surface area contributed by atoms with Crippen LogP contribution in [0.2, 0.25) is 0 Å². The first kappa shape index (κ1) is 20.4. The van der Waals surface area contributed by atoms with Gasteiger partial charge in [-0.15, -0.1) is 0 Å². The maximum absolute atomic E-state index is 14.8. The third-order valence-electron chi connectivity index (χ3n) is 5.26. The molecule has 2 heterocycles. The van der Waals surface area contributed by atoms with Crippen molar-refractivity contribution in [2.24, 2.45) is 0 Å². The molecule has 1 saturated heterocycles. The maximum Gasteiger partial charge on any atom is 0.296 e. The van der Waals surface area contributed by atoms with E-state index >= 15 is 0 Å². The van der Waals surface area contributed by atoms with Crippen LogP contribution in [0.1, 0.15) is 28.5 Å². The van der Waals surface area contributed by atoms with E-state index in [9.17, 15) is 19.1 Å². The smallest absolute Gasteiger partial charge is 0.296 e. The maximum atomic E-state index is 14.8. The van der Waals surface area contributed by atoms with E-state index in [0.717, 1.165) is 5.56 Å². The molecule has 1 amide bonds. The topological polar surface area (TPSA) is 80.0 Å². The minimum absolute atomic E-state index is 0.0572. The molecule has 0 bridgehead atoms. The fraction of sp³-hybridized carbons (Fsp3) is 0.167. The Labute approximate surface area is 178 Å². The van der Waals surface area contributed by atoms with Crippen LogP contribution in [-0.4, -0.2) is 28.8 Å². The van der Waals surface area contributed by atoms with E-state index in [1.807, 2.05) is 6.92 Å². The fourth-order valence-corrected chi connectivity index (χ4v) is 3.79. The van der Waals surface area contributed by atoms with Gasteiger partial charge < -0.3 is 19.2 Å². The van der Waals surface area contributed by atoms with Gasteiger partial charge in [0.15, 0.2) is 0 Å². The van der Waals surface area contributed by atoms with Gasteiger partial charge in [0.05, 0.1) is 37.1 Å². The number of aliphatic hydroxyl groups is 1. The summed E-state index contributed by atoms with van der Waals surface area (Å²) in [5, 5.41) is 11.2. The van der Waals surface area contributed by atoms with Crippen molar-refractivity contribution in [2.75, 3.05) is 7.11 Å². The molecular formula is C24H20FNO5. The van der Waals surface area contributed by atoms with Gasteiger partial charge in [0.25, 0.3) is 11.7 Å². The van der Waals surface area contributed by atoms with E-state index < -0.39 is 29.3 Å². The number of hydrogen-bond donors (Lipinski definition) is 1. The number of carbonyl (C=O) groups is 2. The van der Waals surface area contributed by atoms with Gasteiger partial charge in [-0.2, -0.15) is 0 Å². The quantitative estimate of drug-likeness (QED) is 0.376. The average molecular weight is 421 g/mol. The molecule has 1 fully saturated rings. The van der Waals surface area contributed by atoms with Crippen LogP contribution in [0.5, 0.6) is 5.75 Å². The van der Waals surface area contributed by atoms with E-state index in [2.05, 4.69) is 0 Å². The van der Waals surface area contributed by atoms with Crippen LogP contribution in [0, 0.1) is 12.7 Å². The molecule has 0 spiro atoms. The Hall–Kier alpha value is -3.87. The molecule has 0 aliphatic carbocycles. The highest BCUT2D eigenvalue weighted by molar-refractivity contribution is 6.46. The van der Waals surface area contributed by atoms with Gasteiger partial charge >= 0.3 is 0 Å². The summed E-state index contributed by atoms with van der Waals surface area (Å²) in [5.74, 6) is -2.02. The summed E-state index contributed by atoms with van der Waals surface area (Å²) in [5.41, 5.74) is 0.960. The molecule has 4 rings (SSSR count). The second-order valence-electron chi connectivity index (χ2n) is 7.23. The van der Waals surface area contributed by atoms with Crippen molar-refractivity contribution in [3.8, 4) is 5.75 Å². The first-order chi connectivity index (χ1) is 14.9. The lowest BCUT2D eigenvalue weighted by Crippen LogP contribution is -2.29. The Morgan fingerprint density at radius 1 is 1.16 bits per heavy atom. The van der Waals surface area contributed by atoms with Crippen LogP contribution in [0.4, 0.5) is 4.39 Å². The predicted octanol–water partition coefficient (Wildman–Crippen LogP) is 4.36. The zero-order valence-corrected chi connectivity index (χ0v) is 17.0. The molecule has 3 aromatic rings. The fourth-order valence-electron chi connectivity index (χ4n) is 3.79. The van der Waals surface area contributed by atoms with Crippen molar-refractivity contribution in [2.45, 2.75) is 19.5 Å². The van der Waals surface area contributed by atoms with Gasteiger partial charge in [-0.1, -0.05) is 29.8 Å². The lowest BCUT2D eigenvalue weighted by molar-refractivity contribution is -0.140. The van der Waals surface area contributed by atoms with Crippen LogP contribution in [0.25, 0.3) is 5.76 Å². The molecule has 1 N–H and O–H groups in total. The molecule has 1 aliphatic heterocycles. The monoisotopic (exact) mass is 421 g/mol. The molecule has 1 atom stereocenters. The third-order valence-corrected chi connectivity index (χ3v) is 5.26. The van der Waals surface area contributed by atoms with Gasteiger partial charge in [-0.05, 0) is 37.3 Å². The molecule has 31 heavy (non-hydrogen) atoms. The lowest BCUT2D eigenvalue weighted by Gasteiger charge is -2.25. The molecule has 6 nitrogen and oxygen atoms in total. The summed E-state index contributed by atoms with van der Waals surface area (Å²) in [6.45, 7) is 1.76. The number of likely N-dealkylation sites (tertiary alicyclic amines) is 1.